The maximum Gasteiger partial charge on any atom is 0.328 e. The van der Waals surface area contributed by atoms with Crippen LogP contribution in [-0.2, 0) is 16.0 Å². The molecule has 0 aliphatic rings. The number of aryl methyl sites for hydroxylation is 1. The molecule has 1 N–H and O–H groups in total. The molecule has 0 bridgehead atoms. The highest BCUT2D eigenvalue weighted by atomic mass is 35.5. The summed E-state index contributed by atoms with van der Waals surface area (Å²) in [5.74, 6) is -1.33. The second kappa shape index (κ2) is 10.6. The van der Waals surface area contributed by atoms with Gasteiger partial charge in [0.25, 0.3) is 11.6 Å². The maximum absolute atomic E-state index is 12.5. The smallest absolute Gasteiger partial charge is 0.328 e. The first kappa shape index (κ1) is 22.4. The summed E-state index contributed by atoms with van der Waals surface area (Å²) in [6.07, 6.45) is 1.45. The minimum Gasteiger partial charge on any atom is -0.464 e. The summed E-state index contributed by atoms with van der Waals surface area (Å²) in [7, 11) is 0. The molecule has 2 rings (SSSR count). The Morgan fingerprint density at radius 2 is 1.86 bits per heavy atom. The van der Waals surface area contributed by atoms with Crippen LogP contribution in [-0.4, -0.2) is 29.4 Å². The Balaban J connectivity index is 1.93. The molecule has 2 aromatic rings. The molecule has 2 aromatic carbocycles. The van der Waals surface area contributed by atoms with E-state index >= 15 is 0 Å². The summed E-state index contributed by atoms with van der Waals surface area (Å²) in [5, 5.41) is 13.3. The number of esters is 1. The van der Waals surface area contributed by atoms with Crippen LogP contribution < -0.4 is 5.32 Å². The van der Waals surface area contributed by atoms with Crippen molar-refractivity contribution in [1.29, 1.82) is 0 Å². The summed E-state index contributed by atoms with van der Waals surface area (Å²) >= 11 is 5.99. The molecular weight excluding hydrogens is 396 g/mol. The lowest BCUT2D eigenvalue weighted by Crippen LogP contribution is -2.45. The molecule has 0 radical (unpaired) electrons. The predicted octanol–water partition coefficient (Wildman–Crippen LogP) is 4.18. The number of hydrogen-bond acceptors (Lipinski definition) is 5. The molecule has 0 saturated carbocycles. The molecule has 0 unspecified atom stereocenters. The Kier molecular flexibility index (Phi) is 8.15. The predicted molar refractivity (Wildman–Crippen MR) is 110 cm³/mol. The van der Waals surface area contributed by atoms with Gasteiger partial charge in [0.1, 0.15) is 6.04 Å². The molecule has 1 atom stereocenters. The van der Waals surface area contributed by atoms with Crippen molar-refractivity contribution in [2.24, 2.45) is 5.92 Å². The number of nitro groups is 1. The average Bonchev–Trinajstić information content (AvgIpc) is 2.69. The summed E-state index contributed by atoms with van der Waals surface area (Å²) in [6, 6.07) is 12.6. The van der Waals surface area contributed by atoms with E-state index in [2.05, 4.69) is 5.32 Å². The average molecular weight is 419 g/mol. The molecule has 154 valence electrons. The molecular formula is C21H23ClN2O5. The topological polar surface area (TPSA) is 98.5 Å². The Hall–Kier alpha value is -2.93. The van der Waals surface area contributed by atoms with Gasteiger partial charge in [-0.3, -0.25) is 14.9 Å². The van der Waals surface area contributed by atoms with Gasteiger partial charge < -0.3 is 10.1 Å². The van der Waals surface area contributed by atoms with Crippen LogP contribution in [0.15, 0.2) is 48.5 Å². The Morgan fingerprint density at radius 3 is 2.45 bits per heavy atom. The van der Waals surface area contributed by atoms with E-state index in [1.165, 1.54) is 12.1 Å². The maximum atomic E-state index is 12.5. The van der Waals surface area contributed by atoms with Crippen LogP contribution in [0.5, 0.6) is 0 Å². The van der Waals surface area contributed by atoms with Crippen molar-refractivity contribution >= 4 is 29.2 Å². The van der Waals surface area contributed by atoms with E-state index < -0.39 is 22.8 Å². The van der Waals surface area contributed by atoms with Crippen molar-refractivity contribution in [2.45, 2.75) is 32.7 Å². The molecule has 0 aromatic heterocycles. The summed E-state index contributed by atoms with van der Waals surface area (Å²) in [4.78, 5) is 35.1. The van der Waals surface area contributed by atoms with Gasteiger partial charge in [-0.05, 0) is 30.4 Å². The molecule has 0 fully saturated rings. The highest BCUT2D eigenvalue weighted by Gasteiger charge is 2.27. The van der Waals surface area contributed by atoms with Crippen molar-refractivity contribution in [1.82, 2.24) is 5.32 Å². The van der Waals surface area contributed by atoms with Crippen molar-refractivity contribution in [3.63, 3.8) is 0 Å². The van der Waals surface area contributed by atoms with Crippen LogP contribution in [0.1, 0.15) is 36.2 Å². The molecule has 7 nitrogen and oxygen atoms in total. The number of carbonyl (C=O) groups excluding carboxylic acids is 2. The lowest BCUT2D eigenvalue weighted by molar-refractivity contribution is -0.384. The van der Waals surface area contributed by atoms with Crippen LogP contribution in [0.2, 0.25) is 5.02 Å². The van der Waals surface area contributed by atoms with Gasteiger partial charge in [-0.15, -0.1) is 0 Å². The van der Waals surface area contributed by atoms with Gasteiger partial charge in [0.15, 0.2) is 0 Å². The number of nitrogens with one attached hydrogen (secondary N) is 1. The molecule has 8 heteroatoms. The highest BCUT2D eigenvalue weighted by molar-refractivity contribution is 6.34. The molecule has 1 amide bonds. The summed E-state index contributed by atoms with van der Waals surface area (Å²) in [6.45, 7) is 3.81. The quantitative estimate of drug-likeness (QED) is 0.285. The zero-order valence-corrected chi connectivity index (χ0v) is 17.0. The minimum absolute atomic E-state index is 0.0554. The number of non-ortho nitro benzene ring substituents is 1. The number of amides is 1. The van der Waals surface area contributed by atoms with Crippen molar-refractivity contribution in [2.75, 3.05) is 6.61 Å². The fourth-order valence-electron chi connectivity index (χ4n) is 2.70. The first-order valence-corrected chi connectivity index (χ1v) is 9.62. The fourth-order valence-corrected chi connectivity index (χ4v) is 2.96. The number of rotatable bonds is 9. The standard InChI is InChI=1S/C21H23ClN2O5/c1-14(2)19(21(26)29-12-6-9-15-7-4-3-5-8-15)23-20(25)17-11-10-16(24(27)28)13-18(17)22/h3-5,7-8,10-11,13-14,19H,6,9,12H2,1-2H3,(H,23,25)/t19-/m0/s1. The van der Waals surface area contributed by atoms with Crippen LogP contribution in [0.25, 0.3) is 0 Å². The van der Waals surface area contributed by atoms with Crippen molar-refractivity contribution < 1.29 is 19.2 Å². The van der Waals surface area contributed by atoms with Crippen LogP contribution in [0, 0.1) is 16.0 Å². The zero-order chi connectivity index (χ0) is 21.4. The number of carbonyl (C=O) groups is 2. The Morgan fingerprint density at radius 1 is 1.17 bits per heavy atom. The monoisotopic (exact) mass is 418 g/mol. The van der Waals surface area contributed by atoms with Crippen LogP contribution in [0.3, 0.4) is 0 Å². The molecule has 0 aliphatic carbocycles. The van der Waals surface area contributed by atoms with Gasteiger partial charge in [0.05, 0.1) is 22.1 Å². The fraction of sp³-hybridized carbons (Fsp3) is 0.333. The number of benzene rings is 2. The van der Waals surface area contributed by atoms with E-state index in [1.807, 2.05) is 30.3 Å². The first-order chi connectivity index (χ1) is 13.8. The largest absolute Gasteiger partial charge is 0.464 e. The Labute approximate surface area is 174 Å². The molecule has 0 saturated heterocycles. The number of ether oxygens (including phenoxy) is 1. The normalized spacial score (nSPS) is 11.7. The third-order valence-corrected chi connectivity index (χ3v) is 4.62. The van der Waals surface area contributed by atoms with E-state index in [0.29, 0.717) is 6.42 Å². The zero-order valence-electron chi connectivity index (χ0n) is 16.3. The van der Waals surface area contributed by atoms with E-state index in [1.54, 1.807) is 13.8 Å². The highest BCUT2D eigenvalue weighted by Crippen LogP contribution is 2.22. The Bertz CT molecular complexity index is 871. The molecule has 0 aliphatic heterocycles. The lowest BCUT2D eigenvalue weighted by atomic mass is 10.0. The van der Waals surface area contributed by atoms with E-state index in [4.69, 9.17) is 16.3 Å². The van der Waals surface area contributed by atoms with Crippen LogP contribution in [0.4, 0.5) is 5.69 Å². The molecule has 29 heavy (non-hydrogen) atoms. The van der Waals surface area contributed by atoms with Gasteiger partial charge >= 0.3 is 5.97 Å². The molecule has 0 heterocycles. The number of halogens is 1. The van der Waals surface area contributed by atoms with E-state index in [-0.39, 0.29) is 28.8 Å². The van der Waals surface area contributed by atoms with Gasteiger partial charge in [-0.2, -0.15) is 0 Å². The second-order valence-corrected chi connectivity index (χ2v) is 7.28. The van der Waals surface area contributed by atoms with Gasteiger partial charge in [-0.25, -0.2) is 4.79 Å². The third kappa shape index (κ3) is 6.57. The van der Waals surface area contributed by atoms with E-state index in [9.17, 15) is 19.7 Å². The van der Waals surface area contributed by atoms with Gasteiger partial charge in [0.2, 0.25) is 0 Å². The summed E-state index contributed by atoms with van der Waals surface area (Å²) in [5.41, 5.74) is 0.995. The van der Waals surface area contributed by atoms with Gasteiger partial charge in [0, 0.05) is 12.1 Å². The summed E-state index contributed by atoms with van der Waals surface area (Å²) < 4.78 is 5.33. The van der Waals surface area contributed by atoms with E-state index in [0.717, 1.165) is 18.1 Å². The minimum atomic E-state index is -0.856. The van der Waals surface area contributed by atoms with Crippen molar-refractivity contribution in [3.05, 3.63) is 74.8 Å². The second-order valence-electron chi connectivity index (χ2n) is 6.87. The lowest BCUT2D eigenvalue weighted by Gasteiger charge is -2.21. The van der Waals surface area contributed by atoms with Crippen LogP contribution >= 0.6 is 11.6 Å². The first-order valence-electron chi connectivity index (χ1n) is 9.25. The molecule has 0 spiro atoms. The number of hydrogen-bond donors (Lipinski definition) is 1. The SMILES string of the molecule is CC(C)[C@H](NC(=O)c1ccc([N+](=O)[O-])cc1Cl)C(=O)OCCCc1ccccc1. The third-order valence-electron chi connectivity index (χ3n) is 4.31. The van der Waals surface area contributed by atoms with Crippen molar-refractivity contribution in [3.8, 4) is 0 Å². The van der Waals surface area contributed by atoms with Gasteiger partial charge in [-0.1, -0.05) is 55.8 Å². The number of nitro benzene ring substituents is 1. The number of nitrogens with zero attached hydrogens (tertiary/aromatic N) is 1.